The summed E-state index contributed by atoms with van der Waals surface area (Å²) in [5, 5.41) is 0. The Balaban J connectivity index is 1.17. The number of benzene rings is 1. The second-order valence-corrected chi connectivity index (χ2v) is 11.0. The Bertz CT molecular complexity index is 997. The van der Waals surface area contributed by atoms with Crippen LogP contribution in [0.15, 0.2) is 18.2 Å². The highest BCUT2D eigenvalue weighted by Gasteiger charge is 2.49. The Morgan fingerprint density at radius 1 is 1.11 bits per heavy atom. The molecule has 2 saturated heterocycles. The number of fused-ring (bicyclic) bond motifs is 2. The van der Waals surface area contributed by atoms with Crippen LogP contribution >= 0.6 is 0 Å². The summed E-state index contributed by atoms with van der Waals surface area (Å²) in [6, 6.07) is 5.65. The molecule has 1 saturated carbocycles. The summed E-state index contributed by atoms with van der Waals surface area (Å²) < 4.78 is 12.1. The van der Waals surface area contributed by atoms with E-state index >= 15 is 0 Å². The number of esters is 1. The van der Waals surface area contributed by atoms with Crippen molar-refractivity contribution in [1.29, 1.82) is 0 Å². The molecule has 1 aromatic rings. The first kappa shape index (κ1) is 25.1. The molecule has 1 unspecified atom stereocenters. The number of amides is 2. The highest BCUT2D eigenvalue weighted by atomic mass is 16.6. The Labute approximate surface area is 213 Å². The minimum atomic E-state index is -0.632. The number of carbonyl (C=O) groups is 3. The lowest BCUT2D eigenvalue weighted by molar-refractivity contribution is -0.137. The molecule has 3 heterocycles. The largest absolute Gasteiger partial charge is 0.488 e. The molecule has 8 nitrogen and oxygen atoms in total. The van der Waals surface area contributed by atoms with Gasteiger partial charge in [-0.05, 0) is 63.7 Å². The molecule has 3 fully saturated rings. The van der Waals surface area contributed by atoms with Crippen LogP contribution in [0, 0.1) is 5.92 Å². The summed E-state index contributed by atoms with van der Waals surface area (Å²) in [6.45, 7) is 6.84. The Morgan fingerprint density at radius 3 is 2.56 bits per heavy atom. The number of rotatable bonds is 6. The normalized spacial score (nSPS) is 28.2. The van der Waals surface area contributed by atoms with Crippen molar-refractivity contribution in [2.75, 3.05) is 46.3 Å². The fourth-order valence-corrected chi connectivity index (χ4v) is 6.35. The first-order valence-corrected chi connectivity index (χ1v) is 13.6. The molecule has 4 aliphatic rings. The quantitative estimate of drug-likeness (QED) is 0.562. The van der Waals surface area contributed by atoms with E-state index in [9.17, 15) is 14.4 Å². The molecule has 36 heavy (non-hydrogen) atoms. The van der Waals surface area contributed by atoms with Crippen LogP contribution in [-0.2, 0) is 19.9 Å². The predicted molar refractivity (Wildman–Crippen MR) is 135 cm³/mol. The fourth-order valence-electron chi connectivity index (χ4n) is 6.35. The smallest absolute Gasteiger partial charge is 0.339 e. The summed E-state index contributed by atoms with van der Waals surface area (Å²) in [7, 11) is 1.92. The molecule has 5 rings (SSSR count). The van der Waals surface area contributed by atoms with Crippen molar-refractivity contribution in [3.63, 3.8) is 0 Å². The average molecular weight is 498 g/mol. The molecule has 2 amide bonds. The highest BCUT2D eigenvalue weighted by molar-refractivity contribution is 5.95. The molecular weight excluding hydrogens is 458 g/mol. The summed E-state index contributed by atoms with van der Waals surface area (Å²) in [6.07, 6.45) is 7.33. The van der Waals surface area contributed by atoms with E-state index in [0.717, 1.165) is 51.0 Å². The van der Waals surface area contributed by atoms with Gasteiger partial charge >= 0.3 is 5.97 Å². The number of piperidine rings is 1. The van der Waals surface area contributed by atoms with Gasteiger partial charge in [-0.1, -0.05) is 12.5 Å². The summed E-state index contributed by atoms with van der Waals surface area (Å²) in [5.74, 6) is 0.584. The maximum absolute atomic E-state index is 13.1. The maximum Gasteiger partial charge on any atom is 0.339 e. The molecule has 1 aromatic carbocycles. The number of ether oxygens (including phenoxy) is 2. The Hall–Kier alpha value is -2.61. The molecule has 0 N–H and O–H groups in total. The van der Waals surface area contributed by atoms with Crippen LogP contribution in [0.1, 0.15) is 74.2 Å². The molecule has 1 atom stereocenters. The lowest BCUT2D eigenvalue weighted by Crippen LogP contribution is -2.43. The van der Waals surface area contributed by atoms with Crippen molar-refractivity contribution in [2.24, 2.45) is 5.92 Å². The van der Waals surface area contributed by atoms with Crippen LogP contribution in [-0.4, -0.2) is 84.9 Å². The molecule has 3 aliphatic heterocycles. The first-order valence-electron chi connectivity index (χ1n) is 13.6. The van der Waals surface area contributed by atoms with E-state index in [1.165, 1.54) is 19.3 Å². The van der Waals surface area contributed by atoms with Gasteiger partial charge in [-0.15, -0.1) is 0 Å². The zero-order valence-electron chi connectivity index (χ0n) is 21.7. The summed E-state index contributed by atoms with van der Waals surface area (Å²) >= 11 is 0. The highest BCUT2D eigenvalue weighted by Crippen LogP contribution is 2.49. The van der Waals surface area contributed by atoms with Crippen LogP contribution in [0.3, 0.4) is 0 Å². The van der Waals surface area contributed by atoms with E-state index in [2.05, 4.69) is 4.90 Å². The van der Waals surface area contributed by atoms with Gasteiger partial charge in [0.15, 0.2) is 0 Å². The van der Waals surface area contributed by atoms with E-state index in [-0.39, 0.29) is 29.8 Å². The maximum atomic E-state index is 13.1. The van der Waals surface area contributed by atoms with Gasteiger partial charge in [0.05, 0.1) is 12.1 Å². The van der Waals surface area contributed by atoms with E-state index in [0.29, 0.717) is 37.2 Å². The van der Waals surface area contributed by atoms with E-state index < -0.39 is 5.60 Å². The summed E-state index contributed by atoms with van der Waals surface area (Å²) in [5.41, 5.74) is 0.853. The van der Waals surface area contributed by atoms with Gasteiger partial charge in [-0.3, -0.25) is 9.59 Å². The van der Waals surface area contributed by atoms with Crippen molar-refractivity contribution in [2.45, 2.75) is 70.0 Å². The van der Waals surface area contributed by atoms with Crippen LogP contribution < -0.4 is 4.74 Å². The van der Waals surface area contributed by atoms with Gasteiger partial charge < -0.3 is 24.2 Å². The van der Waals surface area contributed by atoms with Crippen molar-refractivity contribution in [3.05, 3.63) is 29.3 Å². The molecule has 0 bridgehead atoms. The van der Waals surface area contributed by atoms with Crippen molar-refractivity contribution >= 4 is 17.8 Å². The van der Waals surface area contributed by atoms with E-state index in [1.54, 1.807) is 17.9 Å². The number of likely N-dealkylation sites (N-methyl/N-ethyl adjacent to an activating group) is 1. The fraction of sp³-hybridized carbons (Fsp3) is 0.679. The lowest BCUT2D eigenvalue weighted by atomic mass is 9.74. The van der Waals surface area contributed by atoms with Crippen LogP contribution in [0.2, 0.25) is 0 Å². The summed E-state index contributed by atoms with van der Waals surface area (Å²) in [4.78, 5) is 43.7. The van der Waals surface area contributed by atoms with Gasteiger partial charge in [-0.25, -0.2) is 4.79 Å². The van der Waals surface area contributed by atoms with Crippen LogP contribution in [0.25, 0.3) is 0 Å². The third-order valence-corrected chi connectivity index (χ3v) is 8.60. The van der Waals surface area contributed by atoms with Gasteiger partial charge in [0.25, 0.3) is 0 Å². The second kappa shape index (κ2) is 10.4. The molecule has 8 heteroatoms. The third kappa shape index (κ3) is 5.10. The monoisotopic (exact) mass is 497 g/mol. The van der Waals surface area contributed by atoms with Gasteiger partial charge in [0, 0.05) is 51.5 Å². The Morgan fingerprint density at radius 2 is 1.86 bits per heavy atom. The van der Waals surface area contributed by atoms with Crippen molar-refractivity contribution < 1.29 is 23.9 Å². The van der Waals surface area contributed by atoms with E-state index in [4.69, 9.17) is 9.47 Å². The molecule has 1 aliphatic carbocycles. The number of likely N-dealkylation sites (tertiary alicyclic amines) is 2. The van der Waals surface area contributed by atoms with Gasteiger partial charge in [0.1, 0.15) is 17.5 Å². The SMILES string of the molecule is CC(=O)N1CCC(Oc2ccc3c(c2)C(=O)OC32CCC(C(=O)N(C)CCN3CCCCC3)CC2)C1. The standard InChI is InChI=1S/C28H39N3O5/c1-20(32)31-15-10-23(19-31)35-22-6-7-25-24(18-22)27(34)36-28(25)11-8-21(9-12-28)26(33)29(2)16-17-30-13-4-3-5-14-30/h6-7,18,21,23H,3-5,8-17,19H2,1-2H3. The number of hydrogen-bond acceptors (Lipinski definition) is 6. The van der Waals surface area contributed by atoms with Crippen molar-refractivity contribution in [3.8, 4) is 5.75 Å². The minimum Gasteiger partial charge on any atom is -0.488 e. The topological polar surface area (TPSA) is 79.4 Å². The van der Waals surface area contributed by atoms with Crippen LogP contribution in [0.5, 0.6) is 5.75 Å². The molecule has 0 radical (unpaired) electrons. The van der Waals surface area contributed by atoms with Crippen LogP contribution in [0.4, 0.5) is 0 Å². The second-order valence-electron chi connectivity index (χ2n) is 11.0. The van der Waals surface area contributed by atoms with Gasteiger partial charge in [-0.2, -0.15) is 0 Å². The zero-order valence-corrected chi connectivity index (χ0v) is 21.7. The Kier molecular flexibility index (Phi) is 7.24. The zero-order chi connectivity index (χ0) is 25.3. The lowest BCUT2D eigenvalue weighted by Gasteiger charge is -2.37. The number of hydrogen-bond donors (Lipinski definition) is 0. The van der Waals surface area contributed by atoms with Gasteiger partial charge in [0.2, 0.25) is 11.8 Å². The molecule has 0 aromatic heterocycles. The molecule has 1 spiro atoms. The van der Waals surface area contributed by atoms with Crippen molar-refractivity contribution in [1.82, 2.24) is 14.7 Å². The van der Waals surface area contributed by atoms with E-state index in [1.807, 2.05) is 24.1 Å². The minimum absolute atomic E-state index is 0.0149. The molecule has 196 valence electrons. The molecular formula is C28H39N3O5. The predicted octanol–water partition coefficient (Wildman–Crippen LogP) is 3.19. The first-order chi connectivity index (χ1) is 17.3. The average Bonchev–Trinajstić information content (AvgIpc) is 3.46. The third-order valence-electron chi connectivity index (χ3n) is 8.60. The number of nitrogens with zero attached hydrogens (tertiary/aromatic N) is 3. The number of carbonyl (C=O) groups excluding carboxylic acids is 3.